The molecule has 0 atom stereocenters. The smallest absolute Gasteiger partial charge is 0.407 e. The van der Waals surface area contributed by atoms with E-state index in [1.807, 2.05) is 45.9 Å². The van der Waals surface area contributed by atoms with Gasteiger partial charge in [0.2, 0.25) is 5.36 Å². The van der Waals surface area contributed by atoms with Crippen molar-refractivity contribution in [3.8, 4) is 22.5 Å². The van der Waals surface area contributed by atoms with Crippen molar-refractivity contribution in [3.63, 3.8) is 0 Å². The van der Waals surface area contributed by atoms with E-state index in [0.29, 0.717) is 65.0 Å². The average Bonchev–Trinajstić information content (AvgIpc) is 0.747. The van der Waals surface area contributed by atoms with Gasteiger partial charge < -0.3 is 59.8 Å². The third-order valence-corrected chi connectivity index (χ3v) is 19.9. The maximum atomic E-state index is 12.8. The molecule has 588 valence electrons. The number of rotatable bonds is 64. The topological polar surface area (TPSA) is 224 Å². The molecule has 1 aliphatic heterocycles. The summed E-state index contributed by atoms with van der Waals surface area (Å²) in [4.78, 5) is 62.2. The molecule has 0 radical (unpaired) electrons. The number of anilines is 1. The minimum Gasteiger partial charge on any atom is -0.545 e. The first-order valence-electron chi connectivity index (χ1n) is 41.9. The van der Waals surface area contributed by atoms with Gasteiger partial charge in [0.25, 0.3) is 0 Å². The third kappa shape index (κ3) is 44.9. The molecule has 0 saturated heterocycles. The molecule has 0 saturated carbocycles. The summed E-state index contributed by atoms with van der Waals surface area (Å²) in [5.74, 6) is -0.858. The van der Waals surface area contributed by atoms with E-state index in [9.17, 15) is 29.1 Å². The summed E-state index contributed by atoms with van der Waals surface area (Å²) in [6.07, 6.45) is 62.1. The lowest BCUT2D eigenvalue weighted by Gasteiger charge is -2.22. The number of benzene rings is 3. The Kier molecular flexibility index (Phi) is 55.8. The van der Waals surface area contributed by atoms with E-state index in [-0.39, 0.29) is 38.5 Å². The highest BCUT2D eigenvalue weighted by Crippen LogP contribution is 2.42. The molecule has 5 N–H and O–H groups in total. The molecule has 0 aromatic heterocycles. The number of carbonyl (C=O) groups is 5. The van der Waals surface area contributed by atoms with E-state index in [1.165, 1.54) is 276 Å². The molecule has 2 aliphatic rings. The summed E-state index contributed by atoms with van der Waals surface area (Å²) in [5, 5.41) is 33.0. The fourth-order valence-electron chi connectivity index (χ4n) is 13.6. The van der Waals surface area contributed by atoms with Crippen LogP contribution in [-0.4, -0.2) is 102 Å². The number of amides is 4. The number of alkyl carbamates (subject to hydrolysis) is 3. The van der Waals surface area contributed by atoms with Crippen molar-refractivity contribution in [3.05, 3.63) is 84.4 Å². The van der Waals surface area contributed by atoms with E-state index in [4.69, 9.17) is 23.7 Å². The van der Waals surface area contributed by atoms with Crippen molar-refractivity contribution in [1.82, 2.24) is 25.8 Å². The highest BCUT2D eigenvalue weighted by atomic mass is 16.6. The van der Waals surface area contributed by atoms with Crippen LogP contribution in [0.5, 0.6) is 0 Å². The van der Waals surface area contributed by atoms with Gasteiger partial charge in [-0.15, -0.1) is 0 Å². The summed E-state index contributed by atoms with van der Waals surface area (Å²) >= 11 is 0. The molecule has 17 heteroatoms. The number of unbranched alkanes of at least 4 members (excludes halogenated alkanes) is 45. The lowest BCUT2D eigenvalue weighted by molar-refractivity contribution is -0.255. The number of ether oxygens (including phenoxy) is 3. The van der Waals surface area contributed by atoms with Gasteiger partial charge in [-0.25, -0.2) is 23.8 Å². The highest BCUT2D eigenvalue weighted by molar-refractivity contribution is 6.07. The zero-order chi connectivity index (χ0) is 75.0. The van der Waals surface area contributed by atoms with Gasteiger partial charge >= 0.3 is 24.4 Å². The SMILES string of the molecule is C=CN(CCOC(=O)NCCCCCCCCCCCCCCCCCC)c1ccc2c(-c3ccccc3C(=O)[O-])c3ccc(=[N+](CCOC(=O)NC)CCOC(=O)NCCCCCCCCCCCCCCCCCC)cc-3oc2c1.CCCCCCCCCCCCCCCCCCNC(=O)O. The number of carboxylic acids is 1. The summed E-state index contributed by atoms with van der Waals surface area (Å²) in [5.41, 5.74) is 2.97. The van der Waals surface area contributed by atoms with E-state index in [2.05, 4.69) is 48.6 Å². The number of nitrogens with zero attached hydrogens (tertiary/aromatic N) is 2. The van der Waals surface area contributed by atoms with Crippen molar-refractivity contribution in [2.75, 3.05) is 71.0 Å². The Bertz CT molecular complexity index is 2900. The molecule has 4 amide bonds. The first kappa shape index (κ1) is 91.4. The molecule has 2 aromatic rings. The highest BCUT2D eigenvalue weighted by Gasteiger charge is 2.23. The third-order valence-electron chi connectivity index (χ3n) is 19.9. The Morgan fingerprint density at radius 2 is 0.837 bits per heavy atom. The second-order valence-corrected chi connectivity index (χ2v) is 28.7. The van der Waals surface area contributed by atoms with Crippen molar-refractivity contribution < 1.29 is 52.8 Å². The van der Waals surface area contributed by atoms with Crippen molar-refractivity contribution >= 4 is 47.0 Å². The normalized spacial score (nSPS) is 11.4. The zero-order valence-electron chi connectivity index (χ0n) is 65.8. The lowest BCUT2D eigenvalue weighted by atomic mass is 9.90. The second kappa shape index (κ2) is 63.5. The largest absolute Gasteiger partial charge is 0.545 e. The van der Waals surface area contributed by atoms with Crippen LogP contribution >= 0.6 is 0 Å². The molecule has 104 heavy (non-hydrogen) atoms. The van der Waals surface area contributed by atoms with Crippen LogP contribution in [0.4, 0.5) is 24.9 Å². The Labute approximate surface area is 629 Å². The van der Waals surface area contributed by atoms with Gasteiger partial charge in [0.05, 0.1) is 18.6 Å². The van der Waals surface area contributed by atoms with Crippen LogP contribution in [0.1, 0.15) is 339 Å². The van der Waals surface area contributed by atoms with Crippen molar-refractivity contribution in [2.45, 2.75) is 329 Å². The molecular formula is C87H144N6O11. The summed E-state index contributed by atoms with van der Waals surface area (Å²) in [7, 11) is 1.49. The number of hydrogen-bond acceptors (Lipinski definition) is 11. The fourth-order valence-corrected chi connectivity index (χ4v) is 13.6. The monoisotopic (exact) mass is 1450 g/mol. The van der Waals surface area contributed by atoms with Crippen molar-refractivity contribution in [1.29, 1.82) is 0 Å². The van der Waals surface area contributed by atoms with Gasteiger partial charge in [-0.1, -0.05) is 341 Å². The Balaban J connectivity index is 0.00000109. The molecular weight excluding hydrogens is 1300 g/mol. The van der Waals surface area contributed by atoms with E-state index < -0.39 is 30.3 Å². The van der Waals surface area contributed by atoms with Gasteiger partial charge in [-0.05, 0) is 49.2 Å². The molecule has 0 fully saturated rings. The quantitative estimate of drug-likeness (QED) is 0.0121. The van der Waals surface area contributed by atoms with Gasteiger partial charge in [0.1, 0.15) is 18.0 Å². The van der Waals surface area contributed by atoms with Crippen LogP contribution in [0.2, 0.25) is 0 Å². The minimum atomic E-state index is -1.31. The van der Waals surface area contributed by atoms with Crippen molar-refractivity contribution in [2.24, 2.45) is 0 Å². The molecule has 17 nitrogen and oxygen atoms in total. The molecule has 0 unspecified atom stereocenters. The van der Waals surface area contributed by atoms with Gasteiger partial charge in [-0.2, -0.15) is 0 Å². The molecule has 1 heterocycles. The van der Waals surface area contributed by atoms with Crippen LogP contribution in [0.25, 0.3) is 33.4 Å². The number of carbonyl (C=O) groups excluding carboxylic acids is 4. The number of aromatic carboxylic acids is 1. The predicted octanol–water partition coefficient (Wildman–Crippen LogP) is 22.1. The molecule has 2 aromatic carbocycles. The number of carboxylic acid groups (broad SMARTS) is 2. The van der Waals surface area contributed by atoms with Crippen LogP contribution in [0, 0.1) is 0 Å². The van der Waals surface area contributed by atoms with Crippen LogP contribution in [0.15, 0.2) is 77.9 Å². The Hall–Kier alpha value is -6.78. The first-order valence-corrected chi connectivity index (χ1v) is 41.9. The maximum Gasteiger partial charge on any atom is 0.407 e. The Morgan fingerprint density at radius 1 is 0.462 bits per heavy atom. The van der Waals surface area contributed by atoms with Crippen LogP contribution in [-0.2, 0) is 14.2 Å². The number of nitrogens with one attached hydrogen (secondary N) is 4. The molecule has 0 bridgehead atoms. The molecule has 4 rings (SSSR count). The van der Waals surface area contributed by atoms with E-state index >= 15 is 0 Å². The number of hydrogen-bond donors (Lipinski definition) is 5. The molecule has 0 spiro atoms. The Morgan fingerprint density at radius 3 is 1.22 bits per heavy atom. The van der Waals surface area contributed by atoms with Gasteiger partial charge in [-0.3, -0.25) is 0 Å². The van der Waals surface area contributed by atoms with E-state index in [1.54, 1.807) is 24.4 Å². The van der Waals surface area contributed by atoms with Crippen LogP contribution in [0.3, 0.4) is 0 Å². The summed E-state index contributed by atoms with van der Waals surface area (Å²) in [6.45, 7) is 13.7. The summed E-state index contributed by atoms with van der Waals surface area (Å²) in [6, 6.07) is 18.0. The van der Waals surface area contributed by atoms with Gasteiger partial charge in [0, 0.05) is 66.6 Å². The predicted molar refractivity (Wildman–Crippen MR) is 429 cm³/mol. The standard InChI is InChI=1S/C68H105N5O9.C19H39NO2/c1-5-8-10-12-14-16-18-20-22-24-26-28-30-32-34-38-46-70-67(77)80-51-48-72(7-3)56-42-44-60-62(54-56)82-63-55-57(43-45-61(63)64(60)58-40-36-37-41-59(58)65(74)75)73(49-52-79-66(76)69-4)50-53-81-68(78)71-47-39-35-33-31-29-27-25-23-21-19-17-15-13-11-9-6-2;1-2-3-4-5-6-7-8-9-10-11-12-13-14-15-16-17-18-20-19(21)22/h7,36-37,40-45,54-55H,3,5-6,8-35,38-39,46-53H2,1-2,4H3,(H3-,69,70,71,74,75,76,77,78);20H,2-18H2,1H3,(H,21,22). The average molecular weight is 1450 g/mol. The summed E-state index contributed by atoms with van der Waals surface area (Å²) < 4.78 is 25.2. The van der Waals surface area contributed by atoms with E-state index in [0.717, 1.165) is 50.6 Å². The molecule has 1 aliphatic carbocycles. The lowest BCUT2D eigenvalue weighted by Crippen LogP contribution is -2.37. The van der Waals surface area contributed by atoms with Crippen LogP contribution < -0.4 is 41.2 Å². The van der Waals surface area contributed by atoms with Gasteiger partial charge in [0.15, 0.2) is 26.3 Å². The number of fused-ring (bicyclic) bond motifs is 2. The fraction of sp³-hybridized carbons (Fsp3) is 0.701. The minimum absolute atomic E-state index is 0.0284. The maximum absolute atomic E-state index is 12.8. The first-order chi connectivity index (χ1) is 51.0. The zero-order valence-corrected chi connectivity index (χ0v) is 65.8. The second-order valence-electron chi connectivity index (χ2n) is 28.7.